The molecule has 1 amide bonds. The van der Waals surface area contributed by atoms with E-state index >= 15 is 0 Å². The van der Waals surface area contributed by atoms with Gasteiger partial charge in [-0.15, -0.1) is 11.3 Å². The molecular formula is C10H13NO4S. The van der Waals surface area contributed by atoms with Crippen LogP contribution in [-0.4, -0.2) is 42.6 Å². The van der Waals surface area contributed by atoms with Crippen LogP contribution in [0.15, 0.2) is 11.4 Å². The number of nitrogens with zero attached hydrogens (tertiary/aromatic N) is 1. The van der Waals surface area contributed by atoms with E-state index in [-0.39, 0.29) is 18.9 Å². The van der Waals surface area contributed by atoms with Crippen LogP contribution >= 0.6 is 11.3 Å². The van der Waals surface area contributed by atoms with E-state index in [9.17, 15) is 9.59 Å². The van der Waals surface area contributed by atoms with E-state index in [4.69, 9.17) is 9.84 Å². The van der Waals surface area contributed by atoms with Crippen molar-refractivity contribution >= 4 is 23.2 Å². The van der Waals surface area contributed by atoms with Crippen LogP contribution in [0.5, 0.6) is 5.75 Å². The Bertz CT molecular complexity index is 388. The second-order valence-corrected chi connectivity index (χ2v) is 4.10. The van der Waals surface area contributed by atoms with Crippen LogP contribution in [0.25, 0.3) is 0 Å². The number of aliphatic carboxylic acids is 1. The van der Waals surface area contributed by atoms with Gasteiger partial charge in [0.25, 0.3) is 5.91 Å². The Kier molecular flexibility index (Phi) is 4.30. The lowest BCUT2D eigenvalue weighted by atomic mass is 10.3. The fourth-order valence-electron chi connectivity index (χ4n) is 1.15. The third kappa shape index (κ3) is 2.96. The molecule has 1 aromatic rings. The first-order valence-electron chi connectivity index (χ1n) is 4.65. The lowest BCUT2D eigenvalue weighted by Gasteiger charge is -2.15. The normalized spacial score (nSPS) is 9.88. The molecule has 0 radical (unpaired) electrons. The van der Waals surface area contributed by atoms with Gasteiger partial charge in [-0.1, -0.05) is 0 Å². The first-order chi connectivity index (χ1) is 7.56. The summed E-state index contributed by atoms with van der Waals surface area (Å²) in [5.41, 5.74) is 0. The molecule has 88 valence electrons. The maximum Gasteiger partial charge on any atom is 0.305 e. The Hall–Kier alpha value is -1.56. The van der Waals surface area contributed by atoms with Gasteiger partial charge in [-0.2, -0.15) is 0 Å². The maximum atomic E-state index is 11.9. The molecule has 0 aliphatic rings. The standard InChI is InChI=1S/C10H13NO4S/c1-11(5-3-8(12)13)10(14)9-7(15-2)4-6-16-9/h4,6H,3,5H2,1-2H3,(H,12,13). The molecule has 0 unspecified atom stereocenters. The van der Waals surface area contributed by atoms with Crippen LogP contribution in [0.4, 0.5) is 0 Å². The number of methoxy groups -OCH3 is 1. The van der Waals surface area contributed by atoms with Gasteiger partial charge < -0.3 is 14.7 Å². The highest BCUT2D eigenvalue weighted by Gasteiger charge is 2.18. The summed E-state index contributed by atoms with van der Waals surface area (Å²) in [4.78, 5) is 24.1. The minimum absolute atomic E-state index is 0.0596. The summed E-state index contributed by atoms with van der Waals surface area (Å²) in [5.74, 6) is -0.608. The van der Waals surface area contributed by atoms with Gasteiger partial charge in [-0.05, 0) is 11.4 Å². The molecule has 0 saturated carbocycles. The summed E-state index contributed by atoms with van der Waals surface area (Å²) >= 11 is 1.28. The van der Waals surface area contributed by atoms with Gasteiger partial charge in [0.05, 0.1) is 13.5 Å². The lowest BCUT2D eigenvalue weighted by Crippen LogP contribution is -2.28. The number of amides is 1. The number of carbonyl (C=O) groups excluding carboxylic acids is 1. The molecule has 16 heavy (non-hydrogen) atoms. The smallest absolute Gasteiger partial charge is 0.305 e. The SMILES string of the molecule is COc1ccsc1C(=O)N(C)CCC(=O)O. The topological polar surface area (TPSA) is 66.8 Å². The van der Waals surface area contributed by atoms with Crippen molar-refractivity contribution < 1.29 is 19.4 Å². The lowest BCUT2D eigenvalue weighted by molar-refractivity contribution is -0.137. The van der Waals surface area contributed by atoms with E-state index in [0.29, 0.717) is 10.6 Å². The molecule has 1 N–H and O–H groups in total. The summed E-state index contributed by atoms with van der Waals surface area (Å²) in [5, 5.41) is 10.3. The van der Waals surface area contributed by atoms with Crippen molar-refractivity contribution in [2.75, 3.05) is 20.7 Å². The van der Waals surface area contributed by atoms with Crippen molar-refractivity contribution in [2.45, 2.75) is 6.42 Å². The number of hydrogen-bond acceptors (Lipinski definition) is 4. The van der Waals surface area contributed by atoms with E-state index in [1.807, 2.05) is 0 Å². The van der Waals surface area contributed by atoms with E-state index in [2.05, 4.69) is 0 Å². The van der Waals surface area contributed by atoms with Crippen LogP contribution in [0.3, 0.4) is 0 Å². The fraction of sp³-hybridized carbons (Fsp3) is 0.400. The number of carboxylic acid groups (broad SMARTS) is 1. The second-order valence-electron chi connectivity index (χ2n) is 3.19. The average Bonchev–Trinajstić information content (AvgIpc) is 2.72. The summed E-state index contributed by atoms with van der Waals surface area (Å²) in [6, 6.07) is 1.71. The van der Waals surface area contributed by atoms with Crippen molar-refractivity contribution in [1.29, 1.82) is 0 Å². The van der Waals surface area contributed by atoms with Gasteiger partial charge in [0.15, 0.2) is 0 Å². The van der Waals surface area contributed by atoms with Crippen molar-refractivity contribution in [2.24, 2.45) is 0 Å². The van der Waals surface area contributed by atoms with E-state index < -0.39 is 5.97 Å². The molecule has 0 saturated heterocycles. The van der Waals surface area contributed by atoms with Crippen molar-refractivity contribution in [3.05, 3.63) is 16.3 Å². The van der Waals surface area contributed by atoms with Crippen LogP contribution in [-0.2, 0) is 4.79 Å². The Morgan fingerprint density at radius 1 is 1.56 bits per heavy atom. The Morgan fingerprint density at radius 2 is 2.25 bits per heavy atom. The molecule has 0 aliphatic heterocycles. The predicted molar refractivity (Wildman–Crippen MR) is 60.1 cm³/mol. The molecule has 5 nitrogen and oxygen atoms in total. The van der Waals surface area contributed by atoms with Crippen LogP contribution in [0, 0.1) is 0 Å². The van der Waals surface area contributed by atoms with Gasteiger partial charge in [-0.3, -0.25) is 9.59 Å². The molecule has 1 heterocycles. The number of carbonyl (C=O) groups is 2. The minimum atomic E-state index is -0.919. The van der Waals surface area contributed by atoms with Gasteiger partial charge in [0, 0.05) is 13.6 Å². The molecule has 1 rings (SSSR count). The minimum Gasteiger partial charge on any atom is -0.495 e. The van der Waals surface area contributed by atoms with Gasteiger partial charge in [-0.25, -0.2) is 0 Å². The van der Waals surface area contributed by atoms with Crippen LogP contribution < -0.4 is 4.74 Å². The van der Waals surface area contributed by atoms with Gasteiger partial charge >= 0.3 is 5.97 Å². The number of carboxylic acids is 1. The summed E-state index contributed by atoms with van der Waals surface area (Å²) in [7, 11) is 3.07. The summed E-state index contributed by atoms with van der Waals surface area (Å²) in [6.45, 7) is 0.190. The van der Waals surface area contributed by atoms with E-state index in [1.54, 1.807) is 18.5 Å². The average molecular weight is 243 g/mol. The zero-order valence-corrected chi connectivity index (χ0v) is 9.91. The maximum absolute atomic E-state index is 11.9. The van der Waals surface area contributed by atoms with Crippen molar-refractivity contribution in [3.63, 3.8) is 0 Å². The van der Waals surface area contributed by atoms with Gasteiger partial charge in [0.2, 0.25) is 0 Å². The van der Waals surface area contributed by atoms with E-state index in [0.717, 1.165) is 0 Å². The molecule has 0 aliphatic carbocycles. The molecule has 0 spiro atoms. The van der Waals surface area contributed by atoms with Crippen LogP contribution in [0.2, 0.25) is 0 Å². The van der Waals surface area contributed by atoms with E-state index in [1.165, 1.54) is 23.3 Å². The highest BCUT2D eigenvalue weighted by atomic mass is 32.1. The number of ether oxygens (including phenoxy) is 1. The Morgan fingerprint density at radius 3 is 2.81 bits per heavy atom. The highest BCUT2D eigenvalue weighted by Crippen LogP contribution is 2.25. The molecule has 0 atom stereocenters. The quantitative estimate of drug-likeness (QED) is 0.846. The number of rotatable bonds is 5. The third-order valence-electron chi connectivity index (χ3n) is 2.05. The molecule has 1 aromatic heterocycles. The van der Waals surface area contributed by atoms with Crippen molar-refractivity contribution in [3.8, 4) is 5.75 Å². The van der Waals surface area contributed by atoms with Crippen LogP contribution in [0.1, 0.15) is 16.1 Å². The molecule has 0 fully saturated rings. The first-order valence-corrected chi connectivity index (χ1v) is 5.53. The summed E-state index contributed by atoms with van der Waals surface area (Å²) in [6.07, 6.45) is -0.0596. The monoisotopic (exact) mass is 243 g/mol. The Balaban J connectivity index is 2.66. The number of hydrogen-bond donors (Lipinski definition) is 1. The zero-order chi connectivity index (χ0) is 12.1. The molecule has 0 bridgehead atoms. The predicted octanol–water partition coefficient (Wildman–Crippen LogP) is 1.30. The largest absolute Gasteiger partial charge is 0.495 e. The zero-order valence-electron chi connectivity index (χ0n) is 9.10. The van der Waals surface area contributed by atoms with Gasteiger partial charge in [0.1, 0.15) is 10.6 Å². The third-order valence-corrected chi connectivity index (χ3v) is 2.93. The number of thiophene rings is 1. The summed E-state index contributed by atoms with van der Waals surface area (Å²) < 4.78 is 5.03. The second kappa shape index (κ2) is 5.50. The Labute approximate surface area is 97.3 Å². The molecular weight excluding hydrogens is 230 g/mol. The molecule has 0 aromatic carbocycles. The first kappa shape index (κ1) is 12.5. The highest BCUT2D eigenvalue weighted by molar-refractivity contribution is 7.12. The van der Waals surface area contributed by atoms with Crippen molar-refractivity contribution in [1.82, 2.24) is 4.90 Å². The fourth-order valence-corrected chi connectivity index (χ4v) is 2.00. The molecule has 6 heteroatoms.